The maximum atomic E-state index is 11.0. The number of rotatable bonds is 4. The molecule has 1 saturated heterocycles. The van der Waals surface area contributed by atoms with Crippen LogP contribution in [-0.2, 0) is 9.53 Å². The average molecular weight is 276 g/mol. The number of nitrogens with zero attached hydrogens (tertiary/aromatic N) is 1. The van der Waals surface area contributed by atoms with E-state index in [1.807, 2.05) is 12.1 Å². The van der Waals surface area contributed by atoms with E-state index in [-0.39, 0.29) is 12.0 Å². The van der Waals surface area contributed by atoms with Crippen molar-refractivity contribution in [2.75, 3.05) is 36.5 Å². The van der Waals surface area contributed by atoms with Crippen molar-refractivity contribution in [3.05, 3.63) is 24.3 Å². The maximum absolute atomic E-state index is 11.0. The van der Waals surface area contributed by atoms with Gasteiger partial charge in [0.1, 0.15) is 0 Å². The first kappa shape index (κ1) is 13.2. The lowest BCUT2D eigenvalue weighted by Crippen LogP contribution is -2.43. The lowest BCUT2D eigenvalue weighted by Gasteiger charge is -2.35. The van der Waals surface area contributed by atoms with Crippen molar-refractivity contribution in [2.45, 2.75) is 18.9 Å². The van der Waals surface area contributed by atoms with Crippen molar-refractivity contribution in [3.8, 4) is 0 Å². The quantitative estimate of drug-likeness (QED) is 0.878. The summed E-state index contributed by atoms with van der Waals surface area (Å²) < 4.78 is 5.34. The molecule has 1 heterocycles. The van der Waals surface area contributed by atoms with Crippen molar-refractivity contribution in [1.29, 1.82) is 0 Å². The molecule has 1 aromatic carbocycles. The molecule has 0 radical (unpaired) electrons. The summed E-state index contributed by atoms with van der Waals surface area (Å²) in [6, 6.07) is 8.30. The Morgan fingerprint density at radius 1 is 1.20 bits per heavy atom. The summed E-state index contributed by atoms with van der Waals surface area (Å²) in [5, 5.41) is 12.4. The van der Waals surface area contributed by atoms with E-state index in [9.17, 15) is 4.79 Å². The number of anilines is 2. The average Bonchev–Trinajstić information content (AvgIpc) is 2.44. The summed E-state index contributed by atoms with van der Waals surface area (Å²) >= 11 is 0. The van der Waals surface area contributed by atoms with Crippen LogP contribution in [0.2, 0.25) is 0 Å². The highest BCUT2D eigenvalue weighted by molar-refractivity contribution is 5.73. The number of nitrogens with one attached hydrogen (secondary N) is 1. The van der Waals surface area contributed by atoms with Crippen molar-refractivity contribution in [1.82, 2.24) is 0 Å². The highest BCUT2D eigenvalue weighted by Crippen LogP contribution is 2.31. The molecule has 5 heteroatoms. The normalized spacial score (nSPS) is 25.9. The van der Waals surface area contributed by atoms with Crippen LogP contribution in [0.1, 0.15) is 12.8 Å². The maximum Gasteiger partial charge on any atom is 0.308 e. The van der Waals surface area contributed by atoms with Crippen LogP contribution in [0.3, 0.4) is 0 Å². The molecule has 1 aliphatic heterocycles. The molecule has 2 N–H and O–H groups in total. The Morgan fingerprint density at radius 3 is 2.45 bits per heavy atom. The largest absolute Gasteiger partial charge is 0.481 e. The SMILES string of the molecule is O=C(O)C1CCC1Nc1ccc(N2CCOCC2)cc1. The number of carboxylic acid groups (broad SMARTS) is 1. The third-order valence-corrected chi connectivity index (χ3v) is 4.19. The first-order chi connectivity index (χ1) is 9.74. The molecule has 3 rings (SSSR count). The number of morpholine rings is 1. The number of hydrogen-bond acceptors (Lipinski definition) is 4. The van der Waals surface area contributed by atoms with Gasteiger partial charge in [0.25, 0.3) is 0 Å². The summed E-state index contributed by atoms with van der Waals surface area (Å²) in [7, 11) is 0. The van der Waals surface area contributed by atoms with Crippen LogP contribution in [0.5, 0.6) is 0 Å². The van der Waals surface area contributed by atoms with E-state index in [1.165, 1.54) is 5.69 Å². The van der Waals surface area contributed by atoms with Crippen molar-refractivity contribution >= 4 is 17.3 Å². The molecular weight excluding hydrogens is 256 g/mol. The minimum absolute atomic E-state index is 0.0711. The standard InChI is InChI=1S/C15H20N2O3/c18-15(19)13-5-6-14(13)16-11-1-3-12(4-2-11)17-7-9-20-10-8-17/h1-4,13-14,16H,5-10H2,(H,18,19). The number of carbonyl (C=O) groups is 1. The molecule has 108 valence electrons. The van der Waals surface area contributed by atoms with Gasteiger partial charge < -0.3 is 20.1 Å². The van der Waals surface area contributed by atoms with Gasteiger partial charge in [-0.15, -0.1) is 0 Å². The minimum atomic E-state index is -0.696. The van der Waals surface area contributed by atoms with Crippen LogP contribution in [0, 0.1) is 5.92 Å². The summed E-state index contributed by atoms with van der Waals surface area (Å²) in [6.07, 6.45) is 1.71. The van der Waals surface area contributed by atoms with E-state index in [2.05, 4.69) is 22.3 Å². The highest BCUT2D eigenvalue weighted by Gasteiger charge is 2.36. The zero-order valence-corrected chi connectivity index (χ0v) is 11.4. The Hall–Kier alpha value is -1.75. The van der Waals surface area contributed by atoms with Gasteiger partial charge in [-0.2, -0.15) is 0 Å². The molecule has 0 spiro atoms. The predicted octanol–water partition coefficient (Wildman–Crippen LogP) is 1.80. The number of aliphatic carboxylic acids is 1. The van der Waals surface area contributed by atoms with Gasteiger partial charge in [-0.05, 0) is 37.1 Å². The number of carboxylic acids is 1. The first-order valence-electron chi connectivity index (χ1n) is 7.16. The van der Waals surface area contributed by atoms with Crippen LogP contribution in [0.15, 0.2) is 24.3 Å². The van der Waals surface area contributed by atoms with E-state index in [0.29, 0.717) is 0 Å². The van der Waals surface area contributed by atoms with E-state index in [0.717, 1.165) is 44.8 Å². The van der Waals surface area contributed by atoms with E-state index < -0.39 is 5.97 Å². The van der Waals surface area contributed by atoms with Crippen LogP contribution in [-0.4, -0.2) is 43.4 Å². The number of benzene rings is 1. The predicted molar refractivity (Wildman–Crippen MR) is 77.2 cm³/mol. The van der Waals surface area contributed by atoms with Gasteiger partial charge in [0.15, 0.2) is 0 Å². The van der Waals surface area contributed by atoms with Gasteiger partial charge in [-0.3, -0.25) is 4.79 Å². The minimum Gasteiger partial charge on any atom is -0.481 e. The molecule has 2 unspecified atom stereocenters. The van der Waals surface area contributed by atoms with Gasteiger partial charge in [0, 0.05) is 30.5 Å². The molecule has 1 aliphatic carbocycles. The molecule has 2 fully saturated rings. The second kappa shape index (κ2) is 5.71. The fourth-order valence-electron chi connectivity index (χ4n) is 2.77. The molecule has 0 amide bonds. The first-order valence-corrected chi connectivity index (χ1v) is 7.16. The molecule has 20 heavy (non-hydrogen) atoms. The van der Waals surface area contributed by atoms with Crippen molar-refractivity contribution in [2.24, 2.45) is 5.92 Å². The van der Waals surface area contributed by atoms with Gasteiger partial charge in [-0.1, -0.05) is 0 Å². The lowest BCUT2D eigenvalue weighted by atomic mass is 9.79. The molecule has 1 aromatic rings. The third kappa shape index (κ3) is 2.72. The Labute approximate surface area is 118 Å². The Bertz CT molecular complexity index is 469. The number of ether oxygens (including phenoxy) is 1. The van der Waals surface area contributed by atoms with Gasteiger partial charge in [0.05, 0.1) is 19.1 Å². The molecule has 5 nitrogen and oxygen atoms in total. The van der Waals surface area contributed by atoms with Crippen LogP contribution < -0.4 is 10.2 Å². The Kier molecular flexibility index (Phi) is 3.78. The van der Waals surface area contributed by atoms with E-state index >= 15 is 0 Å². The molecule has 1 saturated carbocycles. The van der Waals surface area contributed by atoms with Crippen LogP contribution in [0.25, 0.3) is 0 Å². The monoisotopic (exact) mass is 276 g/mol. The summed E-state index contributed by atoms with van der Waals surface area (Å²) in [5.74, 6) is -0.937. The molecule has 0 aromatic heterocycles. The fourth-order valence-corrected chi connectivity index (χ4v) is 2.77. The highest BCUT2D eigenvalue weighted by atomic mass is 16.5. The third-order valence-electron chi connectivity index (χ3n) is 4.19. The van der Waals surface area contributed by atoms with Crippen molar-refractivity contribution < 1.29 is 14.6 Å². The zero-order valence-electron chi connectivity index (χ0n) is 11.4. The smallest absolute Gasteiger partial charge is 0.308 e. The van der Waals surface area contributed by atoms with E-state index in [1.54, 1.807) is 0 Å². The fraction of sp³-hybridized carbons (Fsp3) is 0.533. The zero-order chi connectivity index (χ0) is 13.9. The molecule has 2 aliphatic rings. The Morgan fingerprint density at radius 2 is 1.90 bits per heavy atom. The van der Waals surface area contributed by atoms with Crippen molar-refractivity contribution in [3.63, 3.8) is 0 Å². The summed E-state index contributed by atoms with van der Waals surface area (Å²) in [4.78, 5) is 13.3. The number of hydrogen-bond donors (Lipinski definition) is 2. The topological polar surface area (TPSA) is 61.8 Å². The Balaban J connectivity index is 1.60. The second-order valence-electron chi connectivity index (χ2n) is 5.42. The van der Waals surface area contributed by atoms with Gasteiger partial charge in [-0.25, -0.2) is 0 Å². The molecule has 0 bridgehead atoms. The molecule has 2 atom stereocenters. The molecular formula is C15H20N2O3. The van der Waals surface area contributed by atoms with E-state index in [4.69, 9.17) is 9.84 Å². The van der Waals surface area contributed by atoms with Crippen LogP contribution >= 0.6 is 0 Å². The lowest BCUT2D eigenvalue weighted by molar-refractivity contribution is -0.144. The summed E-state index contributed by atoms with van der Waals surface area (Å²) in [5.41, 5.74) is 2.19. The van der Waals surface area contributed by atoms with Crippen LogP contribution in [0.4, 0.5) is 11.4 Å². The second-order valence-corrected chi connectivity index (χ2v) is 5.42. The summed E-state index contributed by atoms with van der Waals surface area (Å²) in [6.45, 7) is 3.41. The van der Waals surface area contributed by atoms with Gasteiger partial charge >= 0.3 is 5.97 Å². The van der Waals surface area contributed by atoms with Gasteiger partial charge in [0.2, 0.25) is 0 Å².